The topological polar surface area (TPSA) is 18.5 Å². The fourth-order valence-electron chi connectivity index (χ4n) is 0.697. The Labute approximate surface area is 66.8 Å². The first-order chi connectivity index (χ1) is 5.43. The van der Waals surface area contributed by atoms with Crippen LogP contribution in [-0.2, 0) is 4.74 Å². The van der Waals surface area contributed by atoms with Crippen LogP contribution >= 0.6 is 0 Å². The highest BCUT2D eigenvalue weighted by Gasteiger charge is 1.89. The van der Waals surface area contributed by atoms with Crippen LogP contribution in [0.4, 0.5) is 0 Å². The smallest absolute Gasteiger partial charge is 0.161 e. The van der Waals surface area contributed by atoms with Crippen LogP contribution in [0, 0.1) is 6.61 Å². The van der Waals surface area contributed by atoms with Gasteiger partial charge in [-0.1, -0.05) is 18.2 Å². The van der Waals surface area contributed by atoms with E-state index < -0.39 is 0 Å². The number of hydrogen-bond acceptors (Lipinski definition) is 2. The summed E-state index contributed by atoms with van der Waals surface area (Å²) in [5.74, 6) is 0.838. The Balaban J connectivity index is 2.28. The van der Waals surface area contributed by atoms with E-state index in [-0.39, 0.29) is 0 Å². The van der Waals surface area contributed by atoms with Crippen LogP contribution < -0.4 is 4.74 Å². The minimum Gasteiger partial charge on any atom is -0.484 e. The SMILES string of the molecule is COC[CH]Oc1ccccc1. The van der Waals surface area contributed by atoms with Gasteiger partial charge in [0.1, 0.15) is 5.75 Å². The van der Waals surface area contributed by atoms with Crippen LogP contribution in [-0.4, -0.2) is 13.7 Å². The highest BCUT2D eigenvalue weighted by molar-refractivity contribution is 5.21. The molecule has 1 rings (SSSR count). The van der Waals surface area contributed by atoms with E-state index in [4.69, 9.17) is 9.47 Å². The van der Waals surface area contributed by atoms with Crippen LogP contribution in [0.15, 0.2) is 30.3 Å². The van der Waals surface area contributed by atoms with Crippen LogP contribution in [0.3, 0.4) is 0 Å². The molecule has 0 aliphatic carbocycles. The van der Waals surface area contributed by atoms with E-state index in [1.54, 1.807) is 13.7 Å². The predicted molar refractivity (Wildman–Crippen MR) is 43.2 cm³/mol. The van der Waals surface area contributed by atoms with Gasteiger partial charge in [0, 0.05) is 7.11 Å². The fraction of sp³-hybridized carbons (Fsp3) is 0.222. The zero-order chi connectivity index (χ0) is 7.94. The summed E-state index contributed by atoms with van der Waals surface area (Å²) in [5, 5.41) is 0. The first kappa shape index (κ1) is 8.08. The molecule has 0 fully saturated rings. The third kappa shape index (κ3) is 3.05. The van der Waals surface area contributed by atoms with Gasteiger partial charge in [-0.2, -0.15) is 0 Å². The Morgan fingerprint density at radius 2 is 2.00 bits per heavy atom. The van der Waals surface area contributed by atoms with Gasteiger partial charge >= 0.3 is 0 Å². The molecule has 1 aromatic rings. The highest BCUT2D eigenvalue weighted by Crippen LogP contribution is 2.08. The van der Waals surface area contributed by atoms with Gasteiger partial charge in [0.2, 0.25) is 0 Å². The molecule has 0 heterocycles. The lowest BCUT2D eigenvalue weighted by molar-refractivity contribution is 0.183. The zero-order valence-electron chi connectivity index (χ0n) is 6.49. The molecule has 0 aliphatic rings. The van der Waals surface area contributed by atoms with Gasteiger partial charge in [0.05, 0.1) is 6.61 Å². The third-order valence-corrected chi connectivity index (χ3v) is 1.20. The van der Waals surface area contributed by atoms with Crippen molar-refractivity contribution in [3.63, 3.8) is 0 Å². The molecule has 0 saturated carbocycles. The molecular weight excluding hydrogens is 140 g/mol. The number of ether oxygens (including phenoxy) is 2. The fourth-order valence-corrected chi connectivity index (χ4v) is 0.697. The maximum absolute atomic E-state index is 5.20. The van der Waals surface area contributed by atoms with Crippen LogP contribution in [0.1, 0.15) is 0 Å². The second-order valence-corrected chi connectivity index (χ2v) is 2.05. The van der Waals surface area contributed by atoms with E-state index in [1.165, 1.54) is 0 Å². The van der Waals surface area contributed by atoms with Gasteiger partial charge in [-0.15, -0.1) is 0 Å². The minimum atomic E-state index is 0.509. The number of para-hydroxylation sites is 1. The van der Waals surface area contributed by atoms with Crippen molar-refractivity contribution >= 4 is 0 Å². The second-order valence-electron chi connectivity index (χ2n) is 2.05. The van der Waals surface area contributed by atoms with Crippen molar-refractivity contribution in [1.82, 2.24) is 0 Å². The molecule has 2 nitrogen and oxygen atoms in total. The summed E-state index contributed by atoms with van der Waals surface area (Å²) < 4.78 is 9.98. The lowest BCUT2D eigenvalue weighted by Gasteiger charge is -2.02. The van der Waals surface area contributed by atoms with Crippen molar-refractivity contribution < 1.29 is 9.47 Å². The molecule has 0 aromatic heterocycles. The largest absolute Gasteiger partial charge is 0.484 e. The Morgan fingerprint density at radius 3 is 2.64 bits per heavy atom. The lowest BCUT2D eigenvalue weighted by Crippen LogP contribution is -1.96. The molecule has 0 saturated heterocycles. The summed E-state index contributed by atoms with van der Waals surface area (Å²) in [5.41, 5.74) is 0. The molecule has 0 amide bonds. The number of methoxy groups -OCH3 is 1. The van der Waals surface area contributed by atoms with E-state index in [0.717, 1.165) is 5.75 Å². The standard InChI is InChI=1S/C9H11O2/c1-10-7-8-11-9-5-3-2-4-6-9/h2-6,8H,7H2,1H3. The highest BCUT2D eigenvalue weighted by atomic mass is 16.5. The third-order valence-electron chi connectivity index (χ3n) is 1.20. The van der Waals surface area contributed by atoms with Crippen molar-refractivity contribution in [3.05, 3.63) is 36.9 Å². The van der Waals surface area contributed by atoms with Gasteiger partial charge in [-0.3, -0.25) is 0 Å². The van der Waals surface area contributed by atoms with E-state index in [0.29, 0.717) is 6.61 Å². The summed E-state index contributed by atoms with van der Waals surface area (Å²) in [6, 6.07) is 9.59. The van der Waals surface area contributed by atoms with Crippen molar-refractivity contribution in [3.8, 4) is 5.75 Å². The number of rotatable bonds is 4. The van der Waals surface area contributed by atoms with Crippen molar-refractivity contribution in [2.24, 2.45) is 0 Å². The van der Waals surface area contributed by atoms with E-state index in [2.05, 4.69) is 0 Å². The summed E-state index contributed by atoms with van der Waals surface area (Å²) in [6.07, 6.45) is 0. The van der Waals surface area contributed by atoms with Gasteiger partial charge in [-0.25, -0.2) is 0 Å². The quantitative estimate of drug-likeness (QED) is 0.611. The molecule has 0 N–H and O–H groups in total. The Hall–Kier alpha value is -1.02. The first-order valence-corrected chi connectivity index (χ1v) is 3.46. The molecule has 1 aromatic carbocycles. The first-order valence-electron chi connectivity index (χ1n) is 3.46. The Morgan fingerprint density at radius 1 is 1.27 bits per heavy atom. The minimum absolute atomic E-state index is 0.509. The van der Waals surface area contributed by atoms with Crippen molar-refractivity contribution in [2.45, 2.75) is 0 Å². The number of hydrogen-bond donors (Lipinski definition) is 0. The summed E-state index contributed by atoms with van der Waals surface area (Å²) in [6.45, 7) is 2.13. The van der Waals surface area contributed by atoms with Gasteiger partial charge < -0.3 is 9.47 Å². The molecule has 11 heavy (non-hydrogen) atoms. The molecule has 0 unspecified atom stereocenters. The molecule has 59 valence electrons. The van der Waals surface area contributed by atoms with Gasteiger partial charge in [0.25, 0.3) is 0 Å². The molecule has 0 bridgehead atoms. The van der Waals surface area contributed by atoms with Gasteiger partial charge in [-0.05, 0) is 12.1 Å². The maximum Gasteiger partial charge on any atom is 0.161 e. The van der Waals surface area contributed by atoms with Crippen LogP contribution in [0.25, 0.3) is 0 Å². The summed E-state index contributed by atoms with van der Waals surface area (Å²) >= 11 is 0. The molecule has 0 atom stereocenters. The molecule has 0 aliphatic heterocycles. The molecule has 2 heteroatoms. The van der Waals surface area contributed by atoms with Gasteiger partial charge in [0.15, 0.2) is 6.61 Å². The van der Waals surface area contributed by atoms with E-state index in [1.807, 2.05) is 30.3 Å². The second kappa shape index (κ2) is 4.74. The van der Waals surface area contributed by atoms with E-state index >= 15 is 0 Å². The maximum atomic E-state index is 5.20. The van der Waals surface area contributed by atoms with Crippen molar-refractivity contribution in [2.75, 3.05) is 13.7 Å². The predicted octanol–water partition coefficient (Wildman–Crippen LogP) is 1.87. The van der Waals surface area contributed by atoms with Crippen molar-refractivity contribution in [1.29, 1.82) is 0 Å². The molecule has 1 radical (unpaired) electrons. The average molecular weight is 151 g/mol. The lowest BCUT2D eigenvalue weighted by atomic mass is 10.3. The van der Waals surface area contributed by atoms with E-state index in [9.17, 15) is 0 Å². The zero-order valence-corrected chi connectivity index (χ0v) is 6.49. The summed E-state index contributed by atoms with van der Waals surface area (Å²) in [4.78, 5) is 0. The van der Waals surface area contributed by atoms with Crippen LogP contribution in [0.5, 0.6) is 5.75 Å². The Bertz CT molecular complexity index is 184. The number of benzene rings is 1. The van der Waals surface area contributed by atoms with Crippen LogP contribution in [0.2, 0.25) is 0 Å². The monoisotopic (exact) mass is 151 g/mol. The normalized spacial score (nSPS) is 9.55. The Kier molecular flexibility index (Phi) is 3.48. The molecular formula is C9H11O2. The summed E-state index contributed by atoms with van der Waals surface area (Å²) in [7, 11) is 1.63. The average Bonchev–Trinajstić information content (AvgIpc) is 2.07. The molecule has 0 spiro atoms.